The lowest BCUT2D eigenvalue weighted by atomic mass is 10.1. The van der Waals surface area contributed by atoms with E-state index in [2.05, 4.69) is 34.0 Å². The minimum Gasteiger partial charge on any atom is -0.349 e. The molecule has 0 aliphatic carbocycles. The topological polar surface area (TPSA) is 61.0 Å². The summed E-state index contributed by atoms with van der Waals surface area (Å²) in [6.45, 7) is 6.02. The lowest BCUT2D eigenvalue weighted by Gasteiger charge is -2.40. The number of aromatic nitrogens is 2. The summed E-state index contributed by atoms with van der Waals surface area (Å²) in [6, 6.07) is 0.754. The Morgan fingerprint density at radius 3 is 2.94 bits per heavy atom. The highest BCUT2D eigenvalue weighted by Crippen LogP contribution is 2.24. The first-order chi connectivity index (χ1) is 8.67. The molecule has 0 saturated carbocycles. The molecule has 100 valence electrons. The van der Waals surface area contributed by atoms with E-state index in [1.165, 1.54) is 6.33 Å². The highest BCUT2D eigenvalue weighted by Gasteiger charge is 2.28. The van der Waals surface area contributed by atoms with E-state index in [-0.39, 0.29) is 10.6 Å². The first kappa shape index (κ1) is 13.4. The molecule has 1 fully saturated rings. The second-order valence-electron chi connectivity index (χ2n) is 4.60. The van der Waals surface area contributed by atoms with Crippen LogP contribution in [0.2, 0.25) is 5.02 Å². The average molecular weight is 271 g/mol. The number of hydrogen-bond donors (Lipinski definition) is 2. The third kappa shape index (κ3) is 2.52. The summed E-state index contributed by atoms with van der Waals surface area (Å²) in [5.41, 5.74) is -0.275. The number of nitrogens with zero attached hydrogens (tertiary/aromatic N) is 2. The van der Waals surface area contributed by atoms with Crippen molar-refractivity contribution in [1.82, 2.24) is 15.3 Å². The Balaban J connectivity index is 2.32. The van der Waals surface area contributed by atoms with Crippen molar-refractivity contribution in [2.45, 2.75) is 38.8 Å². The normalized spacial score (nSPS) is 24.3. The van der Waals surface area contributed by atoms with Gasteiger partial charge in [-0.1, -0.05) is 25.4 Å². The van der Waals surface area contributed by atoms with Crippen LogP contribution in [0.25, 0.3) is 0 Å². The molecule has 0 spiro atoms. The van der Waals surface area contributed by atoms with E-state index < -0.39 is 0 Å². The van der Waals surface area contributed by atoms with Crippen molar-refractivity contribution >= 4 is 17.4 Å². The maximum atomic E-state index is 11.6. The van der Waals surface area contributed by atoms with Crippen LogP contribution in [0.3, 0.4) is 0 Å². The Morgan fingerprint density at radius 2 is 2.28 bits per heavy atom. The van der Waals surface area contributed by atoms with Crippen molar-refractivity contribution in [3.63, 3.8) is 0 Å². The first-order valence-corrected chi connectivity index (χ1v) is 6.78. The standard InChI is InChI=1S/C12H19ClN4O/c1-3-8-6-17(9(4-2)5-14-8)11-10(13)12(18)16-7-15-11/h7-9,14H,3-6H2,1-2H3,(H,15,16,18). The third-order valence-electron chi connectivity index (χ3n) is 3.51. The van der Waals surface area contributed by atoms with E-state index in [0.717, 1.165) is 25.9 Å². The van der Waals surface area contributed by atoms with Crippen LogP contribution in [-0.4, -0.2) is 35.1 Å². The fourth-order valence-electron chi connectivity index (χ4n) is 2.34. The number of anilines is 1. The molecule has 0 aromatic carbocycles. The fraction of sp³-hybridized carbons (Fsp3) is 0.667. The number of nitrogens with one attached hydrogen (secondary N) is 2. The van der Waals surface area contributed by atoms with Gasteiger partial charge >= 0.3 is 0 Å². The second-order valence-corrected chi connectivity index (χ2v) is 4.98. The van der Waals surface area contributed by atoms with Crippen molar-refractivity contribution in [1.29, 1.82) is 0 Å². The number of H-pyrrole nitrogens is 1. The number of aromatic amines is 1. The zero-order chi connectivity index (χ0) is 13.1. The summed E-state index contributed by atoms with van der Waals surface area (Å²) < 4.78 is 0. The average Bonchev–Trinajstić information content (AvgIpc) is 2.41. The number of hydrogen-bond acceptors (Lipinski definition) is 4. The summed E-state index contributed by atoms with van der Waals surface area (Å²) in [5.74, 6) is 0.604. The molecule has 6 heteroatoms. The SMILES string of the molecule is CCC1CN(c2nc[nH]c(=O)c2Cl)C(CC)CN1. The largest absolute Gasteiger partial charge is 0.349 e. The van der Waals surface area contributed by atoms with Gasteiger partial charge in [0.05, 0.1) is 6.33 Å². The molecular weight excluding hydrogens is 252 g/mol. The van der Waals surface area contributed by atoms with Crippen LogP contribution in [0, 0.1) is 0 Å². The molecule has 0 amide bonds. The van der Waals surface area contributed by atoms with Gasteiger partial charge in [0.2, 0.25) is 0 Å². The zero-order valence-corrected chi connectivity index (χ0v) is 11.5. The second kappa shape index (κ2) is 5.71. The van der Waals surface area contributed by atoms with Gasteiger partial charge < -0.3 is 15.2 Å². The lowest BCUT2D eigenvalue weighted by molar-refractivity contribution is 0.376. The van der Waals surface area contributed by atoms with Gasteiger partial charge in [-0.3, -0.25) is 4.79 Å². The molecule has 5 nitrogen and oxygen atoms in total. The Hall–Kier alpha value is -1.07. The van der Waals surface area contributed by atoms with E-state index in [1.807, 2.05) is 0 Å². The molecular formula is C12H19ClN4O. The van der Waals surface area contributed by atoms with Gasteiger partial charge in [0.1, 0.15) is 5.02 Å². The minimum absolute atomic E-state index is 0.188. The van der Waals surface area contributed by atoms with Gasteiger partial charge in [-0.2, -0.15) is 0 Å². The Kier molecular flexibility index (Phi) is 4.24. The molecule has 1 aromatic rings. The Morgan fingerprint density at radius 1 is 1.50 bits per heavy atom. The lowest BCUT2D eigenvalue weighted by Crippen LogP contribution is -2.56. The quantitative estimate of drug-likeness (QED) is 0.871. The zero-order valence-electron chi connectivity index (χ0n) is 10.7. The van der Waals surface area contributed by atoms with E-state index >= 15 is 0 Å². The predicted octanol–water partition coefficient (Wildman–Crippen LogP) is 1.39. The molecule has 2 heterocycles. The summed E-state index contributed by atoms with van der Waals surface area (Å²) in [6.07, 6.45) is 3.46. The summed E-state index contributed by atoms with van der Waals surface area (Å²) in [4.78, 5) is 20.5. The minimum atomic E-state index is -0.275. The van der Waals surface area contributed by atoms with Crippen molar-refractivity contribution in [3.8, 4) is 0 Å². The number of piperazine rings is 1. The van der Waals surface area contributed by atoms with E-state index in [9.17, 15) is 4.79 Å². The molecule has 2 N–H and O–H groups in total. The van der Waals surface area contributed by atoms with Gasteiger partial charge in [0, 0.05) is 25.2 Å². The van der Waals surface area contributed by atoms with Crippen LogP contribution in [0.5, 0.6) is 0 Å². The molecule has 2 unspecified atom stereocenters. The third-order valence-corrected chi connectivity index (χ3v) is 3.85. The van der Waals surface area contributed by atoms with Gasteiger partial charge in [-0.05, 0) is 12.8 Å². The molecule has 0 radical (unpaired) electrons. The van der Waals surface area contributed by atoms with E-state index in [1.54, 1.807) is 0 Å². The molecule has 0 bridgehead atoms. The molecule has 1 aromatic heterocycles. The first-order valence-electron chi connectivity index (χ1n) is 6.40. The van der Waals surface area contributed by atoms with Crippen LogP contribution in [0.4, 0.5) is 5.82 Å². The number of halogens is 1. The van der Waals surface area contributed by atoms with Crippen LogP contribution in [0.15, 0.2) is 11.1 Å². The summed E-state index contributed by atoms with van der Waals surface area (Å²) >= 11 is 6.07. The van der Waals surface area contributed by atoms with Crippen molar-refractivity contribution in [3.05, 3.63) is 21.7 Å². The maximum absolute atomic E-state index is 11.6. The fourth-order valence-corrected chi connectivity index (χ4v) is 2.55. The predicted molar refractivity (Wildman–Crippen MR) is 73.4 cm³/mol. The highest BCUT2D eigenvalue weighted by atomic mass is 35.5. The van der Waals surface area contributed by atoms with E-state index in [0.29, 0.717) is 17.9 Å². The molecule has 2 atom stereocenters. The van der Waals surface area contributed by atoms with E-state index in [4.69, 9.17) is 11.6 Å². The number of rotatable bonds is 3. The molecule has 1 saturated heterocycles. The Labute approximate surface area is 112 Å². The van der Waals surface area contributed by atoms with Gasteiger partial charge in [0.25, 0.3) is 5.56 Å². The van der Waals surface area contributed by atoms with Gasteiger partial charge in [-0.25, -0.2) is 4.98 Å². The van der Waals surface area contributed by atoms with Crippen molar-refractivity contribution in [2.24, 2.45) is 0 Å². The maximum Gasteiger partial charge on any atom is 0.271 e. The molecule has 1 aliphatic rings. The highest BCUT2D eigenvalue weighted by molar-refractivity contribution is 6.32. The smallest absolute Gasteiger partial charge is 0.271 e. The van der Waals surface area contributed by atoms with Crippen LogP contribution >= 0.6 is 11.6 Å². The molecule has 1 aliphatic heterocycles. The van der Waals surface area contributed by atoms with Crippen molar-refractivity contribution < 1.29 is 0 Å². The summed E-state index contributed by atoms with van der Waals surface area (Å²) in [7, 11) is 0. The van der Waals surface area contributed by atoms with Crippen LogP contribution in [0.1, 0.15) is 26.7 Å². The monoisotopic (exact) mass is 270 g/mol. The molecule has 18 heavy (non-hydrogen) atoms. The van der Waals surface area contributed by atoms with Crippen LogP contribution < -0.4 is 15.8 Å². The summed E-state index contributed by atoms with van der Waals surface area (Å²) in [5, 5.41) is 3.69. The van der Waals surface area contributed by atoms with Crippen LogP contribution in [-0.2, 0) is 0 Å². The van der Waals surface area contributed by atoms with Gasteiger partial charge in [-0.15, -0.1) is 0 Å². The Bertz CT molecular complexity index is 462. The van der Waals surface area contributed by atoms with Crippen molar-refractivity contribution in [2.75, 3.05) is 18.0 Å². The van der Waals surface area contributed by atoms with Gasteiger partial charge in [0.15, 0.2) is 5.82 Å². The molecule has 2 rings (SSSR count).